The van der Waals surface area contributed by atoms with Crippen LogP contribution in [0.3, 0.4) is 0 Å². The third-order valence-electron chi connectivity index (χ3n) is 2.43. The molecule has 0 unspecified atom stereocenters. The topological polar surface area (TPSA) is 52.6 Å². The van der Waals surface area contributed by atoms with Crippen LogP contribution in [0.5, 0.6) is 0 Å². The molecule has 21 heavy (non-hydrogen) atoms. The van der Waals surface area contributed by atoms with E-state index in [1.54, 1.807) is 34.9 Å². The predicted molar refractivity (Wildman–Crippen MR) is 88.1 cm³/mol. The lowest BCUT2D eigenvalue weighted by atomic mass is 10.2. The first-order valence-electron chi connectivity index (χ1n) is 6.66. The monoisotopic (exact) mass is 348 g/mol. The minimum Gasteiger partial charge on any atom is -0.461 e. The van der Waals surface area contributed by atoms with Gasteiger partial charge in [0.25, 0.3) is 0 Å². The molecule has 1 rings (SSSR count). The van der Waals surface area contributed by atoms with Crippen molar-refractivity contribution in [2.75, 3.05) is 11.5 Å². The molecule has 1 heterocycles. The van der Waals surface area contributed by atoms with Gasteiger partial charge in [-0.3, -0.25) is 9.59 Å². The largest absolute Gasteiger partial charge is 0.461 e. The number of hydrogen-bond donors (Lipinski definition) is 0. The Morgan fingerprint density at radius 2 is 1.29 bits per heavy atom. The molecule has 7 heteroatoms. The number of thioether (sulfide) groups is 2. The van der Waals surface area contributed by atoms with Crippen molar-refractivity contribution in [1.29, 1.82) is 0 Å². The third-order valence-corrected chi connectivity index (χ3v) is 6.10. The summed E-state index contributed by atoms with van der Waals surface area (Å²) in [6, 6.07) is 0. The van der Waals surface area contributed by atoms with E-state index in [0.29, 0.717) is 0 Å². The summed E-state index contributed by atoms with van der Waals surface area (Å²) in [6.45, 7) is 7.42. The van der Waals surface area contributed by atoms with E-state index < -0.39 is 0 Å². The summed E-state index contributed by atoms with van der Waals surface area (Å²) in [7, 11) is 0. The van der Waals surface area contributed by atoms with Crippen LogP contribution in [0.25, 0.3) is 0 Å². The summed E-state index contributed by atoms with van der Waals surface area (Å²) in [4.78, 5) is 22.2. The number of hydrogen-bond acceptors (Lipinski definition) is 7. The number of thiophene rings is 1. The standard InChI is InChI=1S/C14H20O4S3/c1-5-19-13-11(7-17-9(3)15)12(8-18-10(4)16)14(21-13)20-6-2/h5-8H2,1-4H3. The predicted octanol–water partition coefficient (Wildman–Crippen LogP) is 4.10. The van der Waals surface area contributed by atoms with Crippen molar-refractivity contribution in [3.63, 3.8) is 0 Å². The van der Waals surface area contributed by atoms with Crippen molar-refractivity contribution >= 4 is 46.8 Å². The van der Waals surface area contributed by atoms with Crippen molar-refractivity contribution in [3.05, 3.63) is 11.1 Å². The first-order chi connectivity index (χ1) is 9.99. The van der Waals surface area contributed by atoms with Crippen LogP contribution in [0.15, 0.2) is 8.42 Å². The fourth-order valence-corrected chi connectivity index (χ4v) is 5.44. The van der Waals surface area contributed by atoms with E-state index in [9.17, 15) is 9.59 Å². The Bertz CT molecular complexity index is 454. The van der Waals surface area contributed by atoms with Crippen molar-refractivity contribution in [2.45, 2.75) is 49.3 Å². The molecule has 0 bridgehead atoms. The highest BCUT2D eigenvalue weighted by Crippen LogP contribution is 2.42. The van der Waals surface area contributed by atoms with E-state index in [2.05, 4.69) is 13.8 Å². The van der Waals surface area contributed by atoms with Crippen LogP contribution in [0.1, 0.15) is 38.8 Å². The quantitative estimate of drug-likeness (QED) is 0.521. The molecule has 0 fully saturated rings. The van der Waals surface area contributed by atoms with Crippen LogP contribution in [-0.2, 0) is 32.3 Å². The van der Waals surface area contributed by atoms with E-state index in [-0.39, 0.29) is 25.2 Å². The normalized spacial score (nSPS) is 10.5. The lowest BCUT2D eigenvalue weighted by Crippen LogP contribution is -2.05. The van der Waals surface area contributed by atoms with Gasteiger partial charge >= 0.3 is 11.9 Å². The van der Waals surface area contributed by atoms with Gasteiger partial charge in [-0.15, -0.1) is 34.9 Å². The first kappa shape index (κ1) is 18.4. The highest BCUT2D eigenvalue weighted by Gasteiger charge is 2.20. The Hall–Kier alpha value is -0.660. The van der Waals surface area contributed by atoms with Crippen LogP contribution in [0.4, 0.5) is 0 Å². The smallest absolute Gasteiger partial charge is 0.302 e. The fraction of sp³-hybridized carbons (Fsp3) is 0.571. The number of rotatable bonds is 8. The molecule has 0 saturated heterocycles. The van der Waals surface area contributed by atoms with Gasteiger partial charge in [-0.1, -0.05) is 13.8 Å². The Morgan fingerprint density at radius 1 is 0.905 bits per heavy atom. The maximum absolute atomic E-state index is 11.1. The Balaban J connectivity index is 3.09. The Morgan fingerprint density at radius 3 is 1.57 bits per heavy atom. The molecule has 4 nitrogen and oxygen atoms in total. The van der Waals surface area contributed by atoms with E-state index in [0.717, 1.165) is 31.1 Å². The van der Waals surface area contributed by atoms with Crippen molar-refractivity contribution in [3.8, 4) is 0 Å². The molecular formula is C14H20O4S3. The summed E-state index contributed by atoms with van der Waals surface area (Å²) in [5.74, 6) is 1.27. The maximum atomic E-state index is 11.1. The molecule has 1 aromatic heterocycles. The fourth-order valence-electron chi connectivity index (χ4n) is 1.59. The molecule has 0 aromatic carbocycles. The summed E-state index contributed by atoms with van der Waals surface area (Å²) >= 11 is 5.13. The van der Waals surface area contributed by atoms with Crippen LogP contribution in [0.2, 0.25) is 0 Å². The summed E-state index contributed by atoms with van der Waals surface area (Å²) in [6.07, 6.45) is 0. The summed E-state index contributed by atoms with van der Waals surface area (Å²) < 4.78 is 12.6. The van der Waals surface area contributed by atoms with E-state index >= 15 is 0 Å². The van der Waals surface area contributed by atoms with Crippen molar-refractivity contribution < 1.29 is 19.1 Å². The van der Waals surface area contributed by atoms with Gasteiger partial charge in [-0.05, 0) is 11.5 Å². The molecule has 0 aliphatic rings. The van der Waals surface area contributed by atoms with Crippen molar-refractivity contribution in [1.82, 2.24) is 0 Å². The second-order valence-corrected chi connectivity index (χ2v) is 8.15. The zero-order valence-corrected chi connectivity index (χ0v) is 15.1. The average Bonchev–Trinajstić information content (AvgIpc) is 2.72. The second kappa shape index (κ2) is 9.38. The van der Waals surface area contributed by atoms with Gasteiger partial charge in [-0.25, -0.2) is 0 Å². The number of ether oxygens (including phenoxy) is 2. The highest BCUT2D eigenvalue weighted by molar-refractivity contribution is 8.03. The molecule has 0 aliphatic carbocycles. The van der Waals surface area contributed by atoms with Crippen molar-refractivity contribution in [2.24, 2.45) is 0 Å². The van der Waals surface area contributed by atoms with Crippen LogP contribution < -0.4 is 0 Å². The lowest BCUT2D eigenvalue weighted by molar-refractivity contribution is -0.144. The van der Waals surface area contributed by atoms with Gasteiger partial charge in [0.15, 0.2) is 0 Å². The van der Waals surface area contributed by atoms with Gasteiger partial charge in [0.2, 0.25) is 0 Å². The molecule has 1 aromatic rings. The molecule has 0 N–H and O–H groups in total. The summed E-state index contributed by atoms with van der Waals surface area (Å²) in [5, 5.41) is 0. The van der Waals surface area contributed by atoms with E-state index in [1.807, 2.05) is 0 Å². The number of carbonyl (C=O) groups excluding carboxylic acids is 2. The van der Waals surface area contributed by atoms with Crippen LogP contribution >= 0.6 is 34.9 Å². The SMILES string of the molecule is CCSc1sc(SCC)c(COC(C)=O)c1COC(C)=O. The molecule has 0 radical (unpaired) electrons. The lowest BCUT2D eigenvalue weighted by Gasteiger charge is -2.09. The average molecular weight is 349 g/mol. The first-order valence-corrected chi connectivity index (χ1v) is 9.45. The number of esters is 2. The molecule has 0 spiro atoms. The van der Waals surface area contributed by atoms with Gasteiger partial charge < -0.3 is 9.47 Å². The van der Waals surface area contributed by atoms with Gasteiger partial charge in [-0.2, -0.15) is 0 Å². The Kier molecular flexibility index (Phi) is 8.21. The molecule has 0 saturated carbocycles. The highest BCUT2D eigenvalue weighted by atomic mass is 32.2. The summed E-state index contributed by atoms with van der Waals surface area (Å²) in [5.41, 5.74) is 1.94. The van der Waals surface area contributed by atoms with Crippen LogP contribution in [0, 0.1) is 0 Å². The second-order valence-electron chi connectivity index (χ2n) is 4.06. The minimum absolute atomic E-state index is 0.231. The third kappa shape index (κ3) is 5.92. The maximum Gasteiger partial charge on any atom is 0.302 e. The number of carbonyl (C=O) groups is 2. The zero-order valence-electron chi connectivity index (χ0n) is 12.7. The van der Waals surface area contributed by atoms with E-state index in [4.69, 9.17) is 9.47 Å². The minimum atomic E-state index is -0.309. The van der Waals surface area contributed by atoms with E-state index in [1.165, 1.54) is 13.8 Å². The van der Waals surface area contributed by atoms with Gasteiger partial charge in [0, 0.05) is 25.0 Å². The molecule has 0 amide bonds. The van der Waals surface area contributed by atoms with Gasteiger partial charge in [0.05, 0.1) is 8.42 Å². The molecule has 118 valence electrons. The van der Waals surface area contributed by atoms with Gasteiger partial charge in [0.1, 0.15) is 13.2 Å². The Labute approximate surface area is 138 Å². The molecule has 0 atom stereocenters. The molecule has 0 aliphatic heterocycles. The van der Waals surface area contributed by atoms with Crippen LogP contribution in [-0.4, -0.2) is 23.4 Å². The molecular weight excluding hydrogens is 328 g/mol. The zero-order chi connectivity index (χ0) is 15.8.